The van der Waals surface area contributed by atoms with Gasteiger partial charge in [-0.15, -0.1) is 11.3 Å². The van der Waals surface area contributed by atoms with Gasteiger partial charge in [-0.2, -0.15) is 0 Å². The van der Waals surface area contributed by atoms with Gasteiger partial charge in [0.25, 0.3) is 0 Å². The van der Waals surface area contributed by atoms with Crippen LogP contribution in [0.2, 0.25) is 0 Å². The second-order valence-corrected chi connectivity index (χ2v) is 5.74. The molecule has 0 N–H and O–H groups in total. The first kappa shape index (κ1) is 10.8. The van der Waals surface area contributed by atoms with E-state index in [1.165, 1.54) is 15.0 Å². The van der Waals surface area contributed by atoms with E-state index >= 15 is 0 Å². The molecule has 0 unspecified atom stereocenters. The molecular formula is C17H12OS. The first-order chi connectivity index (χ1) is 9.40. The predicted octanol–water partition coefficient (Wildman–Crippen LogP) is 5.05. The highest BCUT2D eigenvalue weighted by molar-refractivity contribution is 7.19. The van der Waals surface area contributed by atoms with E-state index in [0.29, 0.717) is 0 Å². The fourth-order valence-corrected chi connectivity index (χ4v) is 3.46. The molecule has 4 rings (SSSR count). The molecule has 1 aromatic heterocycles. The van der Waals surface area contributed by atoms with E-state index in [2.05, 4.69) is 48.6 Å². The van der Waals surface area contributed by atoms with E-state index in [1.807, 2.05) is 18.2 Å². The Kier molecular flexibility index (Phi) is 2.42. The minimum absolute atomic E-state index is 0.0345. The average molecular weight is 264 g/mol. The van der Waals surface area contributed by atoms with Gasteiger partial charge in [0.15, 0.2) is 6.10 Å². The largest absolute Gasteiger partial charge is 0.480 e. The van der Waals surface area contributed by atoms with E-state index in [0.717, 1.165) is 11.3 Å². The molecule has 2 aromatic carbocycles. The molecule has 1 aliphatic heterocycles. The van der Waals surface area contributed by atoms with Gasteiger partial charge in [0.2, 0.25) is 0 Å². The Morgan fingerprint density at radius 3 is 2.74 bits per heavy atom. The van der Waals surface area contributed by atoms with Gasteiger partial charge < -0.3 is 4.74 Å². The topological polar surface area (TPSA) is 9.23 Å². The van der Waals surface area contributed by atoms with Crippen molar-refractivity contribution in [2.24, 2.45) is 0 Å². The standard InChI is InChI=1S/C17H12OS/c1-3-7-14-12(5-1)9-10-15(18-14)17-11-13-6-2-4-8-16(13)19-17/h1-11,15H/t15-/m1/s1. The molecule has 2 heterocycles. The zero-order valence-corrected chi connectivity index (χ0v) is 11.1. The maximum absolute atomic E-state index is 6.07. The van der Waals surface area contributed by atoms with Crippen LogP contribution in [0.3, 0.4) is 0 Å². The third kappa shape index (κ3) is 1.85. The maximum atomic E-state index is 6.07. The van der Waals surface area contributed by atoms with E-state index in [4.69, 9.17) is 4.74 Å². The van der Waals surface area contributed by atoms with Crippen molar-refractivity contribution in [3.8, 4) is 5.75 Å². The Labute approximate surface area is 115 Å². The molecule has 92 valence electrons. The SMILES string of the molecule is C1=C[C@H](c2cc3ccccc3s2)Oc2ccccc21. The summed E-state index contributed by atoms with van der Waals surface area (Å²) in [5.41, 5.74) is 1.15. The molecule has 19 heavy (non-hydrogen) atoms. The zero-order valence-electron chi connectivity index (χ0n) is 10.2. The molecule has 1 aliphatic rings. The highest BCUT2D eigenvalue weighted by Crippen LogP contribution is 2.37. The summed E-state index contributed by atoms with van der Waals surface area (Å²) in [6.07, 6.45) is 4.31. The van der Waals surface area contributed by atoms with Crippen LogP contribution in [0.25, 0.3) is 16.2 Å². The number of benzene rings is 2. The molecule has 1 atom stereocenters. The summed E-state index contributed by atoms with van der Waals surface area (Å²) in [6.45, 7) is 0. The molecular weight excluding hydrogens is 252 g/mol. The molecule has 1 nitrogen and oxygen atoms in total. The molecule has 2 heteroatoms. The van der Waals surface area contributed by atoms with Gasteiger partial charge >= 0.3 is 0 Å². The zero-order chi connectivity index (χ0) is 12.7. The molecule has 0 saturated heterocycles. The number of para-hydroxylation sites is 1. The van der Waals surface area contributed by atoms with Crippen LogP contribution < -0.4 is 4.74 Å². The summed E-state index contributed by atoms with van der Waals surface area (Å²) in [7, 11) is 0. The number of hydrogen-bond donors (Lipinski definition) is 0. The number of fused-ring (bicyclic) bond motifs is 2. The van der Waals surface area contributed by atoms with Gasteiger partial charge in [-0.3, -0.25) is 0 Å². The molecule has 0 saturated carbocycles. The summed E-state index contributed by atoms with van der Waals surface area (Å²) in [6, 6.07) is 18.8. The minimum atomic E-state index is 0.0345. The Balaban J connectivity index is 1.75. The first-order valence-electron chi connectivity index (χ1n) is 6.32. The molecule has 0 spiro atoms. The lowest BCUT2D eigenvalue weighted by Gasteiger charge is -2.20. The normalized spacial score (nSPS) is 17.2. The van der Waals surface area contributed by atoms with Gasteiger partial charge in [-0.05, 0) is 29.7 Å². The molecule has 0 aliphatic carbocycles. The number of ether oxygens (including phenoxy) is 1. The smallest absolute Gasteiger partial charge is 0.151 e. The summed E-state index contributed by atoms with van der Waals surface area (Å²) in [5.74, 6) is 0.965. The molecule has 0 bridgehead atoms. The first-order valence-corrected chi connectivity index (χ1v) is 7.14. The second kappa shape index (κ2) is 4.25. The molecule has 0 fully saturated rings. The summed E-state index contributed by atoms with van der Waals surface area (Å²) < 4.78 is 7.38. The quantitative estimate of drug-likeness (QED) is 0.597. The second-order valence-electron chi connectivity index (χ2n) is 4.62. The van der Waals surface area contributed by atoms with Crippen molar-refractivity contribution < 1.29 is 4.74 Å². The van der Waals surface area contributed by atoms with E-state index in [9.17, 15) is 0 Å². The maximum Gasteiger partial charge on any atom is 0.151 e. The number of rotatable bonds is 1. The fraction of sp³-hybridized carbons (Fsp3) is 0.0588. The molecule has 0 amide bonds. The molecule has 0 radical (unpaired) electrons. The van der Waals surface area contributed by atoms with Gasteiger partial charge in [0.1, 0.15) is 5.75 Å². The molecule has 3 aromatic rings. The van der Waals surface area contributed by atoms with Gasteiger partial charge in [0.05, 0.1) is 4.88 Å². The van der Waals surface area contributed by atoms with Crippen LogP contribution in [0.4, 0.5) is 0 Å². The summed E-state index contributed by atoms with van der Waals surface area (Å²) in [4.78, 5) is 1.26. The van der Waals surface area contributed by atoms with Gasteiger partial charge in [-0.1, -0.05) is 42.5 Å². The Morgan fingerprint density at radius 1 is 0.947 bits per heavy atom. The Bertz CT molecular complexity index is 737. The monoisotopic (exact) mass is 264 g/mol. The summed E-state index contributed by atoms with van der Waals surface area (Å²) in [5, 5.41) is 1.29. The van der Waals surface area contributed by atoms with Gasteiger partial charge in [0, 0.05) is 10.3 Å². The van der Waals surface area contributed by atoms with Crippen molar-refractivity contribution in [1.82, 2.24) is 0 Å². The van der Waals surface area contributed by atoms with Crippen LogP contribution in [0.5, 0.6) is 5.75 Å². The van der Waals surface area contributed by atoms with Crippen molar-refractivity contribution in [2.75, 3.05) is 0 Å². The van der Waals surface area contributed by atoms with E-state index in [1.54, 1.807) is 11.3 Å². The van der Waals surface area contributed by atoms with Crippen molar-refractivity contribution >= 4 is 27.5 Å². The Hall–Kier alpha value is -2.06. The lowest BCUT2D eigenvalue weighted by atomic mass is 10.1. The van der Waals surface area contributed by atoms with E-state index in [-0.39, 0.29) is 6.10 Å². The van der Waals surface area contributed by atoms with Crippen LogP contribution in [0.1, 0.15) is 16.5 Å². The van der Waals surface area contributed by atoms with Crippen molar-refractivity contribution in [3.63, 3.8) is 0 Å². The highest BCUT2D eigenvalue weighted by Gasteiger charge is 2.18. The third-order valence-electron chi connectivity index (χ3n) is 3.35. The average Bonchev–Trinajstić information content (AvgIpc) is 2.90. The fourth-order valence-electron chi connectivity index (χ4n) is 2.39. The van der Waals surface area contributed by atoms with Crippen LogP contribution in [-0.4, -0.2) is 0 Å². The number of hydrogen-bond acceptors (Lipinski definition) is 2. The lowest BCUT2D eigenvalue weighted by molar-refractivity contribution is 0.255. The number of thiophene rings is 1. The van der Waals surface area contributed by atoms with E-state index < -0.39 is 0 Å². The van der Waals surface area contributed by atoms with Crippen LogP contribution in [0.15, 0.2) is 60.7 Å². The minimum Gasteiger partial charge on any atom is -0.480 e. The van der Waals surface area contributed by atoms with Crippen molar-refractivity contribution in [1.29, 1.82) is 0 Å². The predicted molar refractivity (Wildman–Crippen MR) is 80.7 cm³/mol. The van der Waals surface area contributed by atoms with Crippen LogP contribution in [0, 0.1) is 0 Å². The van der Waals surface area contributed by atoms with Crippen LogP contribution >= 0.6 is 11.3 Å². The van der Waals surface area contributed by atoms with Crippen molar-refractivity contribution in [3.05, 3.63) is 71.1 Å². The van der Waals surface area contributed by atoms with Gasteiger partial charge in [-0.25, -0.2) is 0 Å². The highest BCUT2D eigenvalue weighted by atomic mass is 32.1. The Morgan fingerprint density at radius 2 is 1.79 bits per heavy atom. The third-order valence-corrected chi connectivity index (χ3v) is 4.53. The van der Waals surface area contributed by atoms with Crippen molar-refractivity contribution in [2.45, 2.75) is 6.10 Å². The summed E-state index contributed by atoms with van der Waals surface area (Å²) >= 11 is 1.80. The van der Waals surface area contributed by atoms with Crippen LogP contribution in [-0.2, 0) is 0 Å². The lowest BCUT2D eigenvalue weighted by Crippen LogP contribution is -2.06.